The van der Waals surface area contributed by atoms with Gasteiger partial charge in [0.25, 0.3) is 5.91 Å². The number of amides is 1. The van der Waals surface area contributed by atoms with Gasteiger partial charge >= 0.3 is 0 Å². The van der Waals surface area contributed by atoms with E-state index < -0.39 is 5.60 Å². The van der Waals surface area contributed by atoms with Crippen LogP contribution in [0.3, 0.4) is 0 Å². The van der Waals surface area contributed by atoms with E-state index in [1.54, 1.807) is 38.2 Å². The number of ether oxygens (including phenoxy) is 2. The maximum atomic E-state index is 12.5. The highest BCUT2D eigenvalue weighted by Crippen LogP contribution is 2.26. The molecule has 1 aliphatic rings. The van der Waals surface area contributed by atoms with Crippen molar-refractivity contribution in [2.24, 2.45) is 0 Å². The molecular formula is C14H22N4O3. The number of aromatic nitrogens is 2. The minimum Gasteiger partial charge on any atom is -0.372 e. The van der Waals surface area contributed by atoms with E-state index in [4.69, 9.17) is 9.47 Å². The predicted octanol–water partition coefficient (Wildman–Crippen LogP) is 0.843. The molecule has 0 bridgehead atoms. The lowest BCUT2D eigenvalue weighted by molar-refractivity contribution is -0.158. The van der Waals surface area contributed by atoms with Crippen LogP contribution in [0.2, 0.25) is 0 Å². The molecule has 1 aliphatic heterocycles. The lowest BCUT2D eigenvalue weighted by Gasteiger charge is -2.37. The summed E-state index contributed by atoms with van der Waals surface area (Å²) in [5, 5.41) is 3.00. The van der Waals surface area contributed by atoms with Gasteiger partial charge in [0.2, 0.25) is 0 Å². The Morgan fingerprint density at radius 2 is 2.19 bits per heavy atom. The number of morpholine rings is 1. The van der Waals surface area contributed by atoms with Crippen molar-refractivity contribution in [1.82, 2.24) is 14.9 Å². The monoisotopic (exact) mass is 294 g/mol. The summed E-state index contributed by atoms with van der Waals surface area (Å²) in [6.45, 7) is 4.99. The van der Waals surface area contributed by atoms with Gasteiger partial charge < -0.3 is 19.7 Å². The molecule has 0 spiro atoms. The van der Waals surface area contributed by atoms with E-state index in [1.807, 2.05) is 0 Å². The van der Waals surface area contributed by atoms with E-state index in [-0.39, 0.29) is 12.0 Å². The number of rotatable bonds is 4. The molecule has 0 aromatic carbocycles. The Hall–Kier alpha value is -1.73. The topological polar surface area (TPSA) is 76.6 Å². The van der Waals surface area contributed by atoms with E-state index in [0.717, 1.165) is 0 Å². The minimum atomic E-state index is -0.837. The van der Waals surface area contributed by atoms with Crippen molar-refractivity contribution in [1.29, 1.82) is 0 Å². The van der Waals surface area contributed by atoms with Crippen molar-refractivity contribution in [3.05, 3.63) is 18.1 Å². The zero-order valence-corrected chi connectivity index (χ0v) is 12.9. The van der Waals surface area contributed by atoms with Crippen molar-refractivity contribution in [3.63, 3.8) is 0 Å². The molecule has 1 saturated heterocycles. The second kappa shape index (κ2) is 6.36. The average molecular weight is 294 g/mol. The van der Waals surface area contributed by atoms with Gasteiger partial charge in [0.05, 0.1) is 13.2 Å². The molecule has 0 aliphatic carbocycles. The van der Waals surface area contributed by atoms with E-state index >= 15 is 0 Å². The first-order valence-corrected chi connectivity index (χ1v) is 6.94. The summed E-state index contributed by atoms with van der Waals surface area (Å²) in [5.74, 6) is 0.621. The Bertz CT molecular complexity index is 507. The molecule has 1 aromatic heterocycles. The molecule has 0 saturated carbocycles. The highest BCUT2D eigenvalue weighted by Gasteiger charge is 2.36. The quantitative estimate of drug-likeness (QED) is 0.887. The third-order valence-electron chi connectivity index (χ3n) is 3.65. The van der Waals surface area contributed by atoms with Gasteiger partial charge in [0.1, 0.15) is 23.2 Å². The fraction of sp³-hybridized carbons (Fsp3) is 0.643. The summed E-state index contributed by atoms with van der Waals surface area (Å²) in [4.78, 5) is 22.8. The number of carbonyl (C=O) groups excluding carboxylic acids is 1. The normalized spacial score (nSPS) is 19.4. The lowest BCUT2D eigenvalue weighted by Crippen LogP contribution is -2.51. The number of nitrogens with one attached hydrogen (secondary N) is 1. The van der Waals surface area contributed by atoms with Gasteiger partial charge in [0, 0.05) is 33.1 Å². The Morgan fingerprint density at radius 1 is 1.48 bits per heavy atom. The first kappa shape index (κ1) is 15.7. The molecule has 1 amide bonds. The molecule has 2 rings (SSSR count). The standard InChI is InChI=1S/C14H22N4O3/c1-14(2,20-4)13(19)18-7-8-21-10(9-18)11-12(15-3)17-6-5-16-11/h5-6,10H,7-9H2,1-4H3,(H,15,17). The number of hydrogen-bond donors (Lipinski definition) is 1. The van der Waals surface area contributed by atoms with Crippen LogP contribution in [-0.2, 0) is 14.3 Å². The molecule has 0 radical (unpaired) electrons. The van der Waals surface area contributed by atoms with Crippen LogP contribution in [0.1, 0.15) is 25.6 Å². The summed E-state index contributed by atoms with van der Waals surface area (Å²) in [5.41, 5.74) is -0.122. The Labute approximate surface area is 124 Å². The highest BCUT2D eigenvalue weighted by molar-refractivity contribution is 5.84. The third kappa shape index (κ3) is 3.30. The number of anilines is 1. The maximum Gasteiger partial charge on any atom is 0.254 e. The Balaban J connectivity index is 2.16. The van der Waals surface area contributed by atoms with Crippen LogP contribution in [0, 0.1) is 0 Å². The molecule has 7 heteroatoms. The van der Waals surface area contributed by atoms with Crippen LogP contribution >= 0.6 is 0 Å². The van der Waals surface area contributed by atoms with Crippen molar-refractivity contribution in [2.75, 3.05) is 39.2 Å². The van der Waals surface area contributed by atoms with E-state index in [0.29, 0.717) is 31.2 Å². The van der Waals surface area contributed by atoms with Crippen molar-refractivity contribution < 1.29 is 14.3 Å². The van der Waals surface area contributed by atoms with Gasteiger partial charge in [-0.25, -0.2) is 4.98 Å². The minimum absolute atomic E-state index is 0.0480. The average Bonchev–Trinajstić information content (AvgIpc) is 2.54. The van der Waals surface area contributed by atoms with E-state index in [9.17, 15) is 4.79 Å². The fourth-order valence-electron chi connectivity index (χ4n) is 2.24. The number of methoxy groups -OCH3 is 1. The summed E-state index contributed by atoms with van der Waals surface area (Å²) >= 11 is 0. The van der Waals surface area contributed by atoms with Gasteiger partial charge in [-0.1, -0.05) is 0 Å². The largest absolute Gasteiger partial charge is 0.372 e. The van der Waals surface area contributed by atoms with Gasteiger partial charge in [-0.3, -0.25) is 9.78 Å². The molecule has 1 N–H and O–H groups in total. The van der Waals surface area contributed by atoms with Crippen LogP contribution in [0.4, 0.5) is 5.82 Å². The van der Waals surface area contributed by atoms with E-state index in [2.05, 4.69) is 15.3 Å². The van der Waals surface area contributed by atoms with Crippen LogP contribution in [0.25, 0.3) is 0 Å². The van der Waals surface area contributed by atoms with Crippen molar-refractivity contribution >= 4 is 11.7 Å². The van der Waals surface area contributed by atoms with Gasteiger partial charge in [-0.15, -0.1) is 0 Å². The third-order valence-corrected chi connectivity index (χ3v) is 3.65. The van der Waals surface area contributed by atoms with Crippen LogP contribution in [0.5, 0.6) is 0 Å². The lowest BCUT2D eigenvalue weighted by atomic mass is 10.1. The van der Waals surface area contributed by atoms with Gasteiger partial charge in [-0.2, -0.15) is 0 Å². The zero-order chi connectivity index (χ0) is 15.5. The second-order valence-electron chi connectivity index (χ2n) is 5.37. The predicted molar refractivity (Wildman–Crippen MR) is 77.9 cm³/mol. The molecule has 2 heterocycles. The van der Waals surface area contributed by atoms with Crippen molar-refractivity contribution in [3.8, 4) is 0 Å². The molecular weight excluding hydrogens is 272 g/mol. The molecule has 1 atom stereocenters. The van der Waals surface area contributed by atoms with Crippen LogP contribution in [-0.4, -0.2) is 60.2 Å². The van der Waals surface area contributed by atoms with E-state index in [1.165, 1.54) is 7.11 Å². The molecule has 1 unspecified atom stereocenters. The highest BCUT2D eigenvalue weighted by atomic mass is 16.5. The number of carbonyl (C=O) groups is 1. The van der Waals surface area contributed by atoms with Crippen molar-refractivity contribution in [2.45, 2.75) is 25.6 Å². The zero-order valence-electron chi connectivity index (χ0n) is 12.9. The maximum absolute atomic E-state index is 12.5. The van der Waals surface area contributed by atoms with Crippen LogP contribution < -0.4 is 5.32 Å². The summed E-state index contributed by atoms with van der Waals surface area (Å²) in [7, 11) is 3.32. The first-order chi connectivity index (χ1) is 9.99. The number of nitrogens with zero attached hydrogens (tertiary/aromatic N) is 3. The summed E-state index contributed by atoms with van der Waals surface area (Å²) < 4.78 is 11.0. The molecule has 1 aromatic rings. The Morgan fingerprint density at radius 3 is 2.86 bits per heavy atom. The molecule has 116 valence electrons. The smallest absolute Gasteiger partial charge is 0.254 e. The molecule has 1 fully saturated rings. The molecule has 7 nitrogen and oxygen atoms in total. The SMILES string of the molecule is CNc1nccnc1C1CN(C(=O)C(C)(C)OC)CCO1. The van der Waals surface area contributed by atoms with Gasteiger partial charge in [0.15, 0.2) is 0 Å². The fourth-order valence-corrected chi connectivity index (χ4v) is 2.24. The second-order valence-corrected chi connectivity index (χ2v) is 5.37. The number of hydrogen-bond acceptors (Lipinski definition) is 6. The first-order valence-electron chi connectivity index (χ1n) is 6.94. The van der Waals surface area contributed by atoms with Gasteiger partial charge in [-0.05, 0) is 13.8 Å². The molecule has 21 heavy (non-hydrogen) atoms. The van der Waals surface area contributed by atoms with Crippen LogP contribution in [0.15, 0.2) is 12.4 Å². The summed E-state index contributed by atoms with van der Waals surface area (Å²) in [6, 6.07) is 0. The summed E-state index contributed by atoms with van der Waals surface area (Å²) in [6.07, 6.45) is 2.96. The Kier molecular flexibility index (Phi) is 4.74.